The van der Waals surface area contributed by atoms with Crippen molar-refractivity contribution in [2.45, 2.75) is 58.5 Å². The number of carbonyl (C=O) groups is 1. The van der Waals surface area contributed by atoms with Crippen LogP contribution in [0.1, 0.15) is 46.5 Å². The molecular weight excluding hydrogens is 200 g/mol. The summed E-state index contributed by atoms with van der Waals surface area (Å²) in [4.78, 5) is 14.1. The quantitative estimate of drug-likeness (QED) is 0.795. The summed E-state index contributed by atoms with van der Waals surface area (Å²) in [5.74, 6) is 0.914. The first-order valence-corrected chi connectivity index (χ1v) is 6.52. The van der Waals surface area contributed by atoms with Crippen molar-refractivity contribution in [1.82, 2.24) is 10.2 Å². The van der Waals surface area contributed by atoms with Crippen LogP contribution in [0.25, 0.3) is 0 Å². The van der Waals surface area contributed by atoms with Gasteiger partial charge >= 0.3 is 0 Å². The molecule has 16 heavy (non-hydrogen) atoms. The van der Waals surface area contributed by atoms with Gasteiger partial charge in [-0.25, -0.2) is 0 Å². The van der Waals surface area contributed by atoms with Gasteiger partial charge in [-0.3, -0.25) is 4.79 Å². The molecule has 1 amide bonds. The molecule has 0 spiro atoms. The highest BCUT2D eigenvalue weighted by atomic mass is 16.2. The topological polar surface area (TPSA) is 32.3 Å². The average molecular weight is 226 g/mol. The first-order valence-electron chi connectivity index (χ1n) is 6.52. The first-order chi connectivity index (χ1) is 7.52. The van der Waals surface area contributed by atoms with Crippen molar-refractivity contribution in [2.75, 3.05) is 13.6 Å². The lowest BCUT2D eigenvalue weighted by atomic mass is 10.0. The van der Waals surface area contributed by atoms with Crippen molar-refractivity contribution in [3.8, 4) is 0 Å². The normalized spacial score (nSPS) is 23.2. The lowest BCUT2D eigenvalue weighted by Gasteiger charge is -2.32. The molecule has 1 rings (SSSR count). The van der Waals surface area contributed by atoms with E-state index in [2.05, 4.69) is 26.1 Å². The molecule has 0 aromatic heterocycles. The fourth-order valence-electron chi connectivity index (χ4n) is 2.37. The Morgan fingerprint density at radius 1 is 1.38 bits per heavy atom. The predicted molar refractivity (Wildman–Crippen MR) is 67.3 cm³/mol. The van der Waals surface area contributed by atoms with Crippen LogP contribution in [-0.4, -0.2) is 36.5 Å². The number of rotatable bonds is 4. The van der Waals surface area contributed by atoms with Gasteiger partial charge in [-0.1, -0.05) is 20.3 Å². The number of nitrogens with one attached hydrogen (secondary N) is 1. The van der Waals surface area contributed by atoms with E-state index in [-0.39, 0.29) is 11.9 Å². The molecule has 3 heteroatoms. The molecule has 94 valence electrons. The molecule has 0 saturated carbocycles. The van der Waals surface area contributed by atoms with E-state index in [0.29, 0.717) is 12.0 Å². The molecule has 0 aromatic carbocycles. The number of hydrogen-bond donors (Lipinski definition) is 1. The van der Waals surface area contributed by atoms with Gasteiger partial charge in [0.05, 0.1) is 6.04 Å². The van der Waals surface area contributed by atoms with E-state index >= 15 is 0 Å². The largest absolute Gasteiger partial charge is 0.342 e. The summed E-state index contributed by atoms with van der Waals surface area (Å²) in [7, 11) is 1.94. The zero-order valence-corrected chi connectivity index (χ0v) is 11.1. The number of carbonyl (C=O) groups excluding carboxylic acids is 1. The Morgan fingerprint density at radius 2 is 2.06 bits per heavy atom. The van der Waals surface area contributed by atoms with Gasteiger partial charge in [0.1, 0.15) is 0 Å². The Labute approximate surface area is 99.6 Å². The molecule has 1 aliphatic rings. The Bertz CT molecular complexity index is 222. The fourth-order valence-corrected chi connectivity index (χ4v) is 2.37. The molecule has 1 saturated heterocycles. The van der Waals surface area contributed by atoms with E-state index < -0.39 is 0 Å². The summed E-state index contributed by atoms with van der Waals surface area (Å²) in [5.41, 5.74) is 0. The first kappa shape index (κ1) is 13.5. The number of nitrogens with zero attached hydrogens (tertiary/aromatic N) is 1. The van der Waals surface area contributed by atoms with Crippen LogP contribution in [0.3, 0.4) is 0 Å². The van der Waals surface area contributed by atoms with Crippen LogP contribution in [0.4, 0.5) is 0 Å². The second kappa shape index (κ2) is 6.24. The van der Waals surface area contributed by atoms with Gasteiger partial charge in [-0.05, 0) is 38.6 Å². The third-order valence-electron chi connectivity index (χ3n) is 3.43. The SMILES string of the molecule is CC(C)CC(C)N(C)C(=O)[C@@H]1CCCCN1. The van der Waals surface area contributed by atoms with Gasteiger partial charge in [-0.15, -0.1) is 0 Å². The lowest BCUT2D eigenvalue weighted by molar-refractivity contribution is -0.134. The summed E-state index contributed by atoms with van der Waals surface area (Å²) >= 11 is 0. The summed E-state index contributed by atoms with van der Waals surface area (Å²) < 4.78 is 0. The predicted octanol–water partition coefficient (Wildman–Crippen LogP) is 2.02. The summed E-state index contributed by atoms with van der Waals surface area (Å²) in [6.07, 6.45) is 4.46. The second-order valence-corrected chi connectivity index (χ2v) is 5.43. The Kier molecular flexibility index (Phi) is 5.26. The van der Waals surface area contributed by atoms with Crippen LogP contribution in [0.15, 0.2) is 0 Å². The number of piperidine rings is 1. The summed E-state index contributed by atoms with van der Waals surface area (Å²) in [6.45, 7) is 7.53. The van der Waals surface area contributed by atoms with Crippen LogP contribution >= 0.6 is 0 Å². The Hall–Kier alpha value is -0.570. The van der Waals surface area contributed by atoms with Crippen molar-refractivity contribution in [3.05, 3.63) is 0 Å². The van der Waals surface area contributed by atoms with Crippen LogP contribution in [0, 0.1) is 5.92 Å². The van der Waals surface area contributed by atoms with Crippen molar-refractivity contribution in [3.63, 3.8) is 0 Å². The molecule has 0 radical (unpaired) electrons. The fraction of sp³-hybridized carbons (Fsp3) is 0.923. The maximum absolute atomic E-state index is 12.2. The van der Waals surface area contributed by atoms with Gasteiger partial charge in [0.15, 0.2) is 0 Å². The van der Waals surface area contributed by atoms with Gasteiger partial charge in [0, 0.05) is 13.1 Å². The number of hydrogen-bond acceptors (Lipinski definition) is 2. The molecule has 0 bridgehead atoms. The molecule has 1 heterocycles. The molecule has 1 N–H and O–H groups in total. The molecular formula is C13H26N2O. The highest BCUT2D eigenvalue weighted by Crippen LogP contribution is 2.14. The average Bonchev–Trinajstić information content (AvgIpc) is 2.27. The second-order valence-electron chi connectivity index (χ2n) is 5.43. The van der Waals surface area contributed by atoms with Crippen LogP contribution in [0.5, 0.6) is 0 Å². The Morgan fingerprint density at radius 3 is 2.56 bits per heavy atom. The molecule has 2 atom stereocenters. The van der Waals surface area contributed by atoms with Gasteiger partial charge < -0.3 is 10.2 Å². The zero-order chi connectivity index (χ0) is 12.1. The third kappa shape index (κ3) is 3.78. The minimum Gasteiger partial charge on any atom is -0.342 e. The van der Waals surface area contributed by atoms with E-state index in [1.165, 1.54) is 12.8 Å². The lowest BCUT2D eigenvalue weighted by Crippen LogP contribution is -2.49. The summed E-state index contributed by atoms with van der Waals surface area (Å²) in [6, 6.07) is 0.407. The van der Waals surface area contributed by atoms with Crippen LogP contribution < -0.4 is 5.32 Å². The highest BCUT2D eigenvalue weighted by Gasteiger charge is 2.26. The van der Waals surface area contributed by atoms with Gasteiger partial charge in [0.25, 0.3) is 0 Å². The summed E-state index contributed by atoms with van der Waals surface area (Å²) in [5, 5.41) is 3.32. The van der Waals surface area contributed by atoms with Crippen molar-refractivity contribution in [1.29, 1.82) is 0 Å². The molecule has 0 aromatic rings. The molecule has 0 aliphatic carbocycles. The van der Waals surface area contributed by atoms with Crippen LogP contribution in [0.2, 0.25) is 0 Å². The van der Waals surface area contributed by atoms with E-state index in [9.17, 15) is 4.79 Å². The van der Waals surface area contributed by atoms with E-state index in [1.54, 1.807) is 0 Å². The van der Waals surface area contributed by atoms with E-state index in [1.807, 2.05) is 11.9 Å². The minimum absolute atomic E-state index is 0.0633. The van der Waals surface area contributed by atoms with Crippen molar-refractivity contribution in [2.24, 2.45) is 5.92 Å². The van der Waals surface area contributed by atoms with Crippen LogP contribution in [-0.2, 0) is 4.79 Å². The molecule has 1 aliphatic heterocycles. The van der Waals surface area contributed by atoms with E-state index in [0.717, 1.165) is 19.4 Å². The third-order valence-corrected chi connectivity index (χ3v) is 3.43. The van der Waals surface area contributed by atoms with E-state index in [4.69, 9.17) is 0 Å². The Balaban J connectivity index is 2.45. The highest BCUT2D eigenvalue weighted by molar-refractivity contribution is 5.82. The molecule has 3 nitrogen and oxygen atoms in total. The zero-order valence-electron chi connectivity index (χ0n) is 11.1. The molecule has 1 unspecified atom stereocenters. The standard InChI is InChI=1S/C13H26N2O/c1-10(2)9-11(3)15(4)13(16)12-7-5-6-8-14-12/h10-12,14H,5-9H2,1-4H3/t11?,12-/m0/s1. The maximum Gasteiger partial charge on any atom is 0.239 e. The smallest absolute Gasteiger partial charge is 0.239 e. The van der Waals surface area contributed by atoms with Crippen molar-refractivity contribution < 1.29 is 4.79 Å². The number of likely N-dealkylation sites (N-methyl/N-ethyl adjacent to an activating group) is 1. The maximum atomic E-state index is 12.2. The minimum atomic E-state index is 0.0633. The van der Waals surface area contributed by atoms with Gasteiger partial charge in [0.2, 0.25) is 5.91 Å². The molecule has 1 fully saturated rings. The van der Waals surface area contributed by atoms with Crippen molar-refractivity contribution >= 4 is 5.91 Å². The number of amides is 1. The monoisotopic (exact) mass is 226 g/mol. The van der Waals surface area contributed by atoms with Gasteiger partial charge in [-0.2, -0.15) is 0 Å².